The Morgan fingerprint density at radius 1 is 0.727 bits per heavy atom. The number of methoxy groups -OCH3 is 3. The SMILES string of the molecule is COc1cc(OC)c2c(c1)C(=O)c1cc(C[N+]34CN5CN(CN(C5)C3)C4)cc(OC)c1C2=O. The number of hydrogen-bond donors (Lipinski definition) is 0. The van der Waals surface area contributed by atoms with E-state index in [1.165, 1.54) is 14.2 Å². The minimum absolute atomic E-state index is 0.216. The summed E-state index contributed by atoms with van der Waals surface area (Å²) in [5.74, 6) is 0.739. The molecule has 4 heterocycles. The third kappa shape index (κ3) is 3.07. The summed E-state index contributed by atoms with van der Waals surface area (Å²) in [6.07, 6.45) is 0. The summed E-state index contributed by atoms with van der Waals surface area (Å²) in [7, 11) is 4.55. The van der Waals surface area contributed by atoms with Crippen molar-refractivity contribution in [2.24, 2.45) is 0 Å². The lowest BCUT2D eigenvalue weighted by Crippen LogP contribution is -2.78. The van der Waals surface area contributed by atoms with Crippen LogP contribution in [-0.2, 0) is 6.54 Å². The smallest absolute Gasteiger partial charge is 0.201 e. The summed E-state index contributed by atoms with van der Waals surface area (Å²) in [5.41, 5.74) is 2.24. The van der Waals surface area contributed by atoms with Gasteiger partial charge in [0.25, 0.3) is 0 Å². The van der Waals surface area contributed by atoms with E-state index in [1.54, 1.807) is 19.2 Å². The molecular formula is C24H27N4O5+. The van der Waals surface area contributed by atoms with E-state index in [0.29, 0.717) is 33.9 Å². The maximum atomic E-state index is 13.6. The highest BCUT2D eigenvalue weighted by Gasteiger charge is 2.48. The number of rotatable bonds is 5. The number of fused-ring (bicyclic) bond motifs is 2. The predicted octanol–water partition coefficient (Wildman–Crippen LogP) is 1.50. The van der Waals surface area contributed by atoms with Gasteiger partial charge in [-0.3, -0.25) is 14.1 Å². The van der Waals surface area contributed by atoms with Crippen LogP contribution in [0.1, 0.15) is 37.4 Å². The molecule has 0 spiro atoms. The van der Waals surface area contributed by atoms with E-state index in [2.05, 4.69) is 14.7 Å². The van der Waals surface area contributed by atoms with Crippen molar-refractivity contribution in [2.45, 2.75) is 6.54 Å². The highest BCUT2D eigenvalue weighted by molar-refractivity contribution is 6.30. The number of carbonyl (C=O) groups is 2. The monoisotopic (exact) mass is 451 g/mol. The van der Waals surface area contributed by atoms with Crippen molar-refractivity contribution in [1.29, 1.82) is 0 Å². The highest BCUT2D eigenvalue weighted by Crippen LogP contribution is 2.41. The second-order valence-corrected chi connectivity index (χ2v) is 9.49. The molecule has 2 aromatic rings. The molecule has 4 bridgehead atoms. The van der Waals surface area contributed by atoms with Crippen molar-refractivity contribution in [3.05, 3.63) is 52.1 Å². The summed E-state index contributed by atoms with van der Waals surface area (Å²) in [4.78, 5) is 34.5. The lowest BCUT2D eigenvalue weighted by Gasteiger charge is -2.60. The van der Waals surface area contributed by atoms with Gasteiger partial charge in [-0.15, -0.1) is 0 Å². The molecule has 4 saturated heterocycles. The first-order valence-electron chi connectivity index (χ1n) is 11.0. The molecule has 33 heavy (non-hydrogen) atoms. The Bertz CT molecular complexity index is 1160. The van der Waals surface area contributed by atoms with Crippen LogP contribution in [0.2, 0.25) is 0 Å². The number of ketones is 2. The first-order valence-corrected chi connectivity index (χ1v) is 11.0. The van der Waals surface area contributed by atoms with Crippen LogP contribution in [0.3, 0.4) is 0 Å². The zero-order valence-electron chi connectivity index (χ0n) is 19.1. The summed E-state index contributed by atoms with van der Waals surface area (Å²) in [6.45, 7) is 6.75. The Morgan fingerprint density at radius 2 is 1.27 bits per heavy atom. The van der Waals surface area contributed by atoms with E-state index in [0.717, 1.165) is 56.6 Å². The number of nitrogens with zero attached hydrogens (tertiary/aromatic N) is 4. The third-order valence-electron chi connectivity index (χ3n) is 7.07. The van der Waals surface area contributed by atoms with Crippen LogP contribution in [0, 0.1) is 0 Å². The van der Waals surface area contributed by atoms with Crippen molar-refractivity contribution in [3.8, 4) is 17.2 Å². The normalized spacial score (nSPS) is 29.0. The van der Waals surface area contributed by atoms with Gasteiger partial charge in [-0.05, 0) is 18.2 Å². The molecule has 9 heteroatoms. The number of carbonyl (C=O) groups excluding carboxylic acids is 2. The molecule has 4 fully saturated rings. The van der Waals surface area contributed by atoms with Crippen molar-refractivity contribution >= 4 is 11.6 Å². The Morgan fingerprint density at radius 3 is 1.82 bits per heavy atom. The zero-order chi connectivity index (χ0) is 22.9. The van der Waals surface area contributed by atoms with E-state index < -0.39 is 0 Å². The van der Waals surface area contributed by atoms with Crippen LogP contribution >= 0.6 is 0 Å². The van der Waals surface area contributed by atoms with Crippen LogP contribution in [-0.4, -0.2) is 92.1 Å². The molecule has 0 unspecified atom stereocenters. The quantitative estimate of drug-likeness (QED) is 0.541. The summed E-state index contributed by atoms with van der Waals surface area (Å²) in [5, 5.41) is 0. The summed E-state index contributed by atoms with van der Waals surface area (Å²) in [6, 6.07) is 7.04. The van der Waals surface area contributed by atoms with E-state index >= 15 is 0 Å². The van der Waals surface area contributed by atoms with Crippen LogP contribution in [0.4, 0.5) is 0 Å². The molecule has 9 nitrogen and oxygen atoms in total. The van der Waals surface area contributed by atoms with Gasteiger partial charge in [-0.2, -0.15) is 0 Å². The average molecular weight is 452 g/mol. The van der Waals surface area contributed by atoms with Crippen molar-refractivity contribution in [3.63, 3.8) is 0 Å². The molecule has 2 aromatic carbocycles. The summed E-state index contributed by atoms with van der Waals surface area (Å²) < 4.78 is 17.3. The van der Waals surface area contributed by atoms with E-state index in [1.807, 2.05) is 12.1 Å². The lowest BCUT2D eigenvalue weighted by atomic mass is 9.82. The fraction of sp³-hybridized carbons (Fsp3) is 0.417. The van der Waals surface area contributed by atoms with Crippen molar-refractivity contribution in [2.75, 3.05) is 61.3 Å². The molecule has 4 aliphatic heterocycles. The fourth-order valence-corrected chi connectivity index (χ4v) is 6.09. The Hall–Kier alpha value is -2.98. The lowest BCUT2D eigenvalue weighted by molar-refractivity contribution is -0.991. The van der Waals surface area contributed by atoms with Gasteiger partial charge in [-0.25, -0.2) is 14.7 Å². The maximum Gasteiger partial charge on any atom is 0.201 e. The second-order valence-electron chi connectivity index (χ2n) is 9.49. The number of benzene rings is 2. The second kappa shape index (κ2) is 7.26. The molecule has 172 valence electrons. The molecular weight excluding hydrogens is 424 g/mol. The largest absolute Gasteiger partial charge is 0.497 e. The van der Waals surface area contributed by atoms with Crippen LogP contribution < -0.4 is 14.2 Å². The van der Waals surface area contributed by atoms with Gasteiger partial charge in [0.2, 0.25) is 5.78 Å². The van der Waals surface area contributed by atoms with Gasteiger partial charge >= 0.3 is 0 Å². The molecule has 0 saturated carbocycles. The van der Waals surface area contributed by atoms with Gasteiger partial charge in [0.1, 0.15) is 43.8 Å². The minimum atomic E-state index is -0.268. The topological polar surface area (TPSA) is 71.6 Å². The zero-order valence-corrected chi connectivity index (χ0v) is 19.1. The molecule has 1 aliphatic carbocycles. The molecule has 0 N–H and O–H groups in total. The van der Waals surface area contributed by atoms with Gasteiger partial charge < -0.3 is 14.2 Å². The molecule has 5 aliphatic rings. The van der Waals surface area contributed by atoms with Crippen LogP contribution in [0.5, 0.6) is 17.2 Å². The Kier molecular flexibility index (Phi) is 4.54. The molecule has 0 atom stereocenters. The van der Waals surface area contributed by atoms with Crippen LogP contribution in [0.25, 0.3) is 0 Å². The van der Waals surface area contributed by atoms with Gasteiger partial charge in [-0.1, -0.05) is 0 Å². The number of hydrogen-bond acceptors (Lipinski definition) is 8. The highest BCUT2D eigenvalue weighted by atomic mass is 16.5. The first-order chi connectivity index (χ1) is 15.9. The van der Waals surface area contributed by atoms with Crippen molar-refractivity contribution < 1.29 is 28.3 Å². The predicted molar refractivity (Wildman–Crippen MR) is 118 cm³/mol. The van der Waals surface area contributed by atoms with E-state index in [-0.39, 0.29) is 17.1 Å². The number of ether oxygens (including phenoxy) is 3. The van der Waals surface area contributed by atoms with Gasteiger partial charge in [0, 0.05) is 22.8 Å². The standard InChI is InChI=1S/C24H27N4O5/c1-31-16-6-18-22(20(7-16)33-3)24(30)21-17(23(18)29)4-15(5-19(21)32-2)8-28-12-25-9-26(13-28)11-27(10-25)14-28/h4-7H,8-14H2,1-3H3/q+1. The molecule has 0 aromatic heterocycles. The third-order valence-corrected chi connectivity index (χ3v) is 7.07. The fourth-order valence-electron chi connectivity index (χ4n) is 6.09. The van der Waals surface area contributed by atoms with E-state index in [4.69, 9.17) is 14.2 Å². The van der Waals surface area contributed by atoms with Gasteiger partial charge in [0.15, 0.2) is 5.78 Å². The number of quaternary nitrogens is 1. The van der Waals surface area contributed by atoms with Gasteiger partial charge in [0.05, 0.1) is 52.5 Å². The molecule has 7 rings (SSSR count). The first kappa shape index (κ1) is 20.6. The Labute approximate surface area is 192 Å². The average Bonchev–Trinajstić information content (AvgIpc) is 2.79. The van der Waals surface area contributed by atoms with Crippen LogP contribution in [0.15, 0.2) is 24.3 Å². The molecule has 0 amide bonds. The van der Waals surface area contributed by atoms with E-state index in [9.17, 15) is 9.59 Å². The Balaban J connectivity index is 1.43. The maximum absolute atomic E-state index is 13.6. The molecule has 0 radical (unpaired) electrons. The van der Waals surface area contributed by atoms with Crippen molar-refractivity contribution in [1.82, 2.24) is 14.7 Å². The minimum Gasteiger partial charge on any atom is -0.497 e. The summed E-state index contributed by atoms with van der Waals surface area (Å²) >= 11 is 0.